The lowest BCUT2D eigenvalue weighted by molar-refractivity contribution is 0.370. The predicted molar refractivity (Wildman–Crippen MR) is 102 cm³/mol. The van der Waals surface area contributed by atoms with Gasteiger partial charge in [0.05, 0.1) is 0 Å². The molecule has 0 aromatic heterocycles. The third-order valence-electron chi connectivity index (χ3n) is 4.30. The van der Waals surface area contributed by atoms with Crippen LogP contribution < -0.4 is 5.96 Å². The fraction of sp³-hybridized carbons (Fsp3) is 1.00. The lowest BCUT2D eigenvalue weighted by Gasteiger charge is -2.04. The molecule has 0 radical (unpaired) electrons. The quantitative estimate of drug-likeness (QED) is 0.161. The third kappa shape index (κ3) is 26.9. The van der Waals surface area contributed by atoms with E-state index in [9.17, 15) is 4.57 Å². The van der Waals surface area contributed by atoms with E-state index in [1.165, 1.54) is 83.5 Å². The number of halogens is 1. The topological polar surface area (TPSA) is 83.5 Å². The highest BCUT2D eigenvalue weighted by Gasteiger charge is 2.10. The van der Waals surface area contributed by atoms with Gasteiger partial charge < -0.3 is 9.79 Å². The molecule has 0 spiro atoms. The second-order valence-electron chi connectivity index (χ2n) is 6.69. The van der Waals surface area contributed by atoms with Crippen molar-refractivity contribution < 1.29 is 18.8 Å². The third-order valence-corrected chi connectivity index (χ3v) is 5.20. The highest BCUT2D eigenvalue weighted by atomic mass is 31.2. The monoisotopic (exact) mass is 369 g/mol. The first-order chi connectivity index (χ1) is 11.6. The fourth-order valence-electron chi connectivity index (χ4n) is 2.87. The summed E-state index contributed by atoms with van der Waals surface area (Å²) >= 11 is 0. The van der Waals surface area contributed by atoms with Crippen molar-refractivity contribution in [3.63, 3.8) is 0 Å². The van der Waals surface area contributed by atoms with Gasteiger partial charge in [-0.25, -0.2) is 0 Å². The van der Waals surface area contributed by atoms with Gasteiger partial charge in [0.1, 0.15) is 0 Å². The van der Waals surface area contributed by atoms with Gasteiger partial charge in [-0.2, -0.15) is 5.96 Å². The lowest BCUT2D eigenvalue weighted by atomic mass is 10.0. The zero-order chi connectivity index (χ0) is 18.5. The maximum absolute atomic E-state index is 10.7. The van der Waals surface area contributed by atoms with Crippen LogP contribution in [0, 0.1) is 0 Å². The number of unbranched alkanes of at least 4 members (excludes halogenated alkanes) is 15. The van der Waals surface area contributed by atoms with Gasteiger partial charge in [0.25, 0.3) is 0 Å². The minimum absolute atomic E-state index is 0.0610. The Morgan fingerprint density at radius 3 is 1.12 bits per heavy atom. The Bertz CT molecular complexity index is 275. The molecule has 4 N–H and O–H groups in total. The van der Waals surface area contributed by atoms with Crippen molar-refractivity contribution >= 4 is 7.60 Å². The average Bonchev–Trinajstić information content (AvgIpc) is 2.55. The molecule has 0 atom stereocenters. The van der Waals surface area contributed by atoms with E-state index in [0.29, 0.717) is 6.42 Å². The highest BCUT2D eigenvalue weighted by Crippen LogP contribution is 2.35. The summed E-state index contributed by atoms with van der Waals surface area (Å²) in [6, 6.07) is 0. The van der Waals surface area contributed by atoms with Gasteiger partial charge in [-0.3, -0.25) is 4.57 Å². The standard InChI is InChI=1S/C18H39O3P.FH2N/c1-2-3-4-5-6-7-8-9-10-11-12-13-14-15-16-17-18-22(19,20)21;1-2/h2-18H2,1H3,(H2,19,20,21);2H2. The van der Waals surface area contributed by atoms with Crippen LogP contribution in [0.2, 0.25) is 0 Å². The van der Waals surface area contributed by atoms with E-state index in [1.54, 1.807) is 0 Å². The Morgan fingerprint density at radius 1 is 0.625 bits per heavy atom. The Kier molecular flexibility index (Phi) is 23.1. The van der Waals surface area contributed by atoms with Crippen LogP contribution in [0.4, 0.5) is 4.48 Å². The van der Waals surface area contributed by atoms with Gasteiger partial charge in [-0.15, -0.1) is 4.48 Å². The van der Waals surface area contributed by atoms with Crippen LogP contribution in [-0.2, 0) is 4.57 Å². The molecule has 0 aliphatic heterocycles. The van der Waals surface area contributed by atoms with Crippen molar-refractivity contribution in [2.45, 2.75) is 110 Å². The molecule has 0 aliphatic rings. The van der Waals surface area contributed by atoms with Crippen LogP contribution in [0.5, 0.6) is 0 Å². The Morgan fingerprint density at radius 2 is 0.875 bits per heavy atom. The molecule has 0 saturated carbocycles. The average molecular weight is 370 g/mol. The summed E-state index contributed by atoms with van der Waals surface area (Å²) in [5.41, 5.74) is 0. The molecule has 0 fully saturated rings. The van der Waals surface area contributed by atoms with Gasteiger partial charge in [-0.05, 0) is 6.42 Å². The zero-order valence-electron chi connectivity index (χ0n) is 15.7. The minimum atomic E-state index is -3.75. The fourth-order valence-corrected chi connectivity index (χ4v) is 3.50. The molecular formula is C18H41FNO3P. The smallest absolute Gasteiger partial charge is 0.324 e. The number of hydrogen-bond donors (Lipinski definition) is 3. The first kappa shape index (κ1) is 26.3. The lowest BCUT2D eigenvalue weighted by Crippen LogP contribution is -1.88. The van der Waals surface area contributed by atoms with Crippen molar-refractivity contribution in [1.82, 2.24) is 0 Å². The molecule has 0 bridgehead atoms. The molecule has 24 heavy (non-hydrogen) atoms. The Balaban J connectivity index is 0. The van der Waals surface area contributed by atoms with Gasteiger partial charge in [0.15, 0.2) is 0 Å². The van der Waals surface area contributed by atoms with Crippen LogP contribution in [0.3, 0.4) is 0 Å². The number of hydrogen-bond acceptors (Lipinski definition) is 2. The molecular weight excluding hydrogens is 328 g/mol. The highest BCUT2D eigenvalue weighted by molar-refractivity contribution is 7.51. The Labute approximate surface area is 148 Å². The first-order valence-electron chi connectivity index (χ1n) is 9.82. The summed E-state index contributed by atoms with van der Waals surface area (Å²) in [6.07, 6.45) is 20.6. The second-order valence-corrected chi connectivity index (χ2v) is 8.47. The molecule has 0 unspecified atom stereocenters. The molecule has 0 saturated heterocycles. The predicted octanol–water partition coefficient (Wildman–Crippen LogP) is 6.26. The van der Waals surface area contributed by atoms with E-state index in [-0.39, 0.29) is 6.16 Å². The van der Waals surface area contributed by atoms with Gasteiger partial charge >= 0.3 is 7.60 Å². The Hall–Kier alpha value is 0.0400. The number of nitrogens with two attached hydrogens (primary N) is 1. The second kappa shape index (κ2) is 21.1. The molecule has 0 heterocycles. The van der Waals surface area contributed by atoms with E-state index >= 15 is 0 Å². The summed E-state index contributed by atoms with van der Waals surface area (Å²) in [6.45, 7) is 2.27. The van der Waals surface area contributed by atoms with Crippen LogP contribution >= 0.6 is 7.60 Å². The van der Waals surface area contributed by atoms with E-state index in [0.717, 1.165) is 12.8 Å². The number of rotatable bonds is 17. The van der Waals surface area contributed by atoms with Crippen LogP contribution in [0.1, 0.15) is 110 Å². The zero-order valence-corrected chi connectivity index (χ0v) is 16.6. The molecule has 6 heteroatoms. The van der Waals surface area contributed by atoms with E-state index < -0.39 is 7.60 Å². The van der Waals surface area contributed by atoms with Crippen LogP contribution in [0.25, 0.3) is 0 Å². The first-order valence-corrected chi connectivity index (χ1v) is 11.6. The van der Waals surface area contributed by atoms with Crippen LogP contribution in [0.15, 0.2) is 0 Å². The normalized spacial score (nSPS) is 11.2. The summed E-state index contributed by atoms with van der Waals surface area (Å²) in [4.78, 5) is 17.5. The van der Waals surface area contributed by atoms with Gasteiger partial charge in [-0.1, -0.05) is 103 Å². The summed E-state index contributed by atoms with van der Waals surface area (Å²) < 4.78 is 19.7. The molecule has 0 aromatic rings. The molecule has 4 nitrogen and oxygen atoms in total. The molecule has 0 aliphatic carbocycles. The SMILES string of the molecule is CCCCCCCCCCCCCCCCCCP(=O)(O)O.NF. The van der Waals surface area contributed by atoms with E-state index in [2.05, 4.69) is 12.9 Å². The van der Waals surface area contributed by atoms with Gasteiger partial charge in [0, 0.05) is 6.16 Å². The van der Waals surface area contributed by atoms with Crippen molar-refractivity contribution in [3.8, 4) is 0 Å². The van der Waals surface area contributed by atoms with Crippen LogP contribution in [-0.4, -0.2) is 15.9 Å². The van der Waals surface area contributed by atoms with Crippen molar-refractivity contribution in [1.29, 1.82) is 0 Å². The van der Waals surface area contributed by atoms with Crippen molar-refractivity contribution in [2.24, 2.45) is 5.96 Å². The summed E-state index contributed by atoms with van der Waals surface area (Å²) in [7, 11) is -3.75. The summed E-state index contributed by atoms with van der Waals surface area (Å²) in [5.74, 6) is 3.00. The molecule has 0 rings (SSSR count). The van der Waals surface area contributed by atoms with Crippen molar-refractivity contribution in [2.75, 3.05) is 6.16 Å². The summed E-state index contributed by atoms with van der Waals surface area (Å²) in [5, 5.41) is 0. The molecule has 148 valence electrons. The maximum atomic E-state index is 10.7. The van der Waals surface area contributed by atoms with Crippen molar-refractivity contribution in [3.05, 3.63) is 0 Å². The molecule has 0 aromatic carbocycles. The van der Waals surface area contributed by atoms with E-state index in [4.69, 9.17) is 14.3 Å². The minimum Gasteiger partial charge on any atom is -0.324 e. The van der Waals surface area contributed by atoms with Gasteiger partial charge in [0.2, 0.25) is 0 Å². The maximum Gasteiger partial charge on any atom is 0.325 e. The van der Waals surface area contributed by atoms with E-state index in [1.807, 2.05) is 0 Å². The largest absolute Gasteiger partial charge is 0.325 e. The molecule has 0 amide bonds.